The predicted molar refractivity (Wildman–Crippen MR) is 67.7 cm³/mol. The van der Waals surface area contributed by atoms with Crippen molar-refractivity contribution in [2.75, 3.05) is 6.54 Å². The van der Waals surface area contributed by atoms with Crippen molar-refractivity contribution < 1.29 is 5.11 Å². The van der Waals surface area contributed by atoms with Gasteiger partial charge in [-0.2, -0.15) is 0 Å². The van der Waals surface area contributed by atoms with E-state index in [2.05, 4.69) is 5.32 Å². The third-order valence-corrected chi connectivity index (χ3v) is 3.34. The van der Waals surface area contributed by atoms with Gasteiger partial charge >= 0.3 is 0 Å². The van der Waals surface area contributed by atoms with Gasteiger partial charge in [-0.05, 0) is 11.1 Å². The van der Waals surface area contributed by atoms with Crippen LogP contribution in [0.15, 0.2) is 60.7 Å². The molecule has 86 valence electrons. The third kappa shape index (κ3) is 1.75. The summed E-state index contributed by atoms with van der Waals surface area (Å²) in [5, 5.41) is 14.3. The van der Waals surface area contributed by atoms with Crippen LogP contribution in [0.3, 0.4) is 0 Å². The Kier molecular flexibility index (Phi) is 2.46. The van der Waals surface area contributed by atoms with Crippen LogP contribution in [0.4, 0.5) is 0 Å². The van der Waals surface area contributed by atoms with Gasteiger partial charge in [0.25, 0.3) is 0 Å². The van der Waals surface area contributed by atoms with E-state index in [1.54, 1.807) is 0 Å². The van der Waals surface area contributed by atoms with E-state index in [-0.39, 0.29) is 6.04 Å². The van der Waals surface area contributed by atoms with Crippen LogP contribution < -0.4 is 5.32 Å². The molecule has 3 rings (SSSR count). The normalized spacial score (nSPS) is 19.0. The van der Waals surface area contributed by atoms with Crippen molar-refractivity contribution in [1.29, 1.82) is 0 Å². The SMILES string of the molecule is OC(c1ccccc1)(c1ccccc1)[C@@H]1CN1. The Hall–Kier alpha value is -1.64. The Morgan fingerprint density at radius 2 is 1.29 bits per heavy atom. The number of hydrogen-bond donors (Lipinski definition) is 2. The zero-order valence-electron chi connectivity index (χ0n) is 9.51. The largest absolute Gasteiger partial charge is 0.379 e. The average molecular weight is 225 g/mol. The van der Waals surface area contributed by atoms with Crippen LogP contribution in [0.1, 0.15) is 11.1 Å². The van der Waals surface area contributed by atoms with E-state index in [4.69, 9.17) is 0 Å². The van der Waals surface area contributed by atoms with Gasteiger partial charge in [-0.25, -0.2) is 0 Å². The maximum atomic E-state index is 11.0. The van der Waals surface area contributed by atoms with E-state index in [9.17, 15) is 5.11 Å². The second kappa shape index (κ2) is 3.99. The molecule has 0 radical (unpaired) electrons. The Labute approximate surface area is 101 Å². The van der Waals surface area contributed by atoms with Crippen molar-refractivity contribution in [2.24, 2.45) is 0 Å². The minimum Gasteiger partial charge on any atom is -0.379 e. The van der Waals surface area contributed by atoms with Crippen LogP contribution in [-0.2, 0) is 5.60 Å². The first-order valence-electron chi connectivity index (χ1n) is 5.88. The van der Waals surface area contributed by atoms with E-state index >= 15 is 0 Å². The fourth-order valence-electron chi connectivity index (χ4n) is 2.31. The zero-order valence-corrected chi connectivity index (χ0v) is 9.51. The molecule has 0 saturated carbocycles. The molecule has 1 aliphatic heterocycles. The van der Waals surface area contributed by atoms with Crippen molar-refractivity contribution >= 4 is 0 Å². The first-order valence-corrected chi connectivity index (χ1v) is 5.88. The van der Waals surface area contributed by atoms with Crippen LogP contribution in [0.2, 0.25) is 0 Å². The van der Waals surface area contributed by atoms with E-state index in [0.29, 0.717) is 0 Å². The molecule has 2 aromatic rings. The topological polar surface area (TPSA) is 42.2 Å². The van der Waals surface area contributed by atoms with Crippen LogP contribution >= 0.6 is 0 Å². The summed E-state index contributed by atoms with van der Waals surface area (Å²) in [5.41, 5.74) is 0.977. The molecule has 0 bridgehead atoms. The maximum absolute atomic E-state index is 11.0. The fourth-order valence-corrected chi connectivity index (χ4v) is 2.31. The van der Waals surface area contributed by atoms with Gasteiger partial charge in [-0.3, -0.25) is 0 Å². The summed E-state index contributed by atoms with van der Waals surface area (Å²) in [6, 6.07) is 19.8. The highest BCUT2D eigenvalue weighted by Gasteiger charge is 2.46. The molecular formula is C15H15NO. The molecule has 0 spiro atoms. The van der Waals surface area contributed by atoms with Gasteiger partial charge in [0.05, 0.1) is 6.04 Å². The molecular weight excluding hydrogens is 210 g/mol. The molecule has 1 aliphatic rings. The molecule has 2 nitrogen and oxygen atoms in total. The van der Waals surface area contributed by atoms with Crippen molar-refractivity contribution in [3.63, 3.8) is 0 Å². The number of rotatable bonds is 3. The lowest BCUT2D eigenvalue weighted by Gasteiger charge is -2.28. The van der Waals surface area contributed by atoms with Gasteiger partial charge < -0.3 is 10.4 Å². The quantitative estimate of drug-likeness (QED) is 0.783. The summed E-state index contributed by atoms with van der Waals surface area (Å²) < 4.78 is 0. The van der Waals surface area contributed by atoms with Crippen LogP contribution in [0, 0.1) is 0 Å². The highest BCUT2D eigenvalue weighted by molar-refractivity contribution is 5.40. The van der Waals surface area contributed by atoms with Crippen LogP contribution in [0.5, 0.6) is 0 Å². The third-order valence-electron chi connectivity index (χ3n) is 3.34. The lowest BCUT2D eigenvalue weighted by Crippen LogP contribution is -2.35. The van der Waals surface area contributed by atoms with E-state index in [1.807, 2.05) is 60.7 Å². The lowest BCUT2D eigenvalue weighted by atomic mass is 9.83. The molecule has 0 amide bonds. The Morgan fingerprint density at radius 3 is 1.65 bits per heavy atom. The Morgan fingerprint density at radius 1 is 0.882 bits per heavy atom. The standard InChI is InChI=1S/C15H15NO/c17-15(14-11-16-14,12-7-3-1-4-8-12)13-9-5-2-6-10-13/h1-10,14,16-17H,11H2/t14-/m0/s1. The molecule has 1 heterocycles. The summed E-state index contributed by atoms with van der Waals surface area (Å²) in [6.45, 7) is 0.861. The molecule has 2 N–H and O–H groups in total. The number of hydrogen-bond acceptors (Lipinski definition) is 2. The number of nitrogens with one attached hydrogen (secondary N) is 1. The van der Waals surface area contributed by atoms with E-state index in [0.717, 1.165) is 17.7 Å². The predicted octanol–water partition coefficient (Wildman–Crippen LogP) is 1.89. The van der Waals surface area contributed by atoms with Gasteiger partial charge in [0.15, 0.2) is 0 Å². The van der Waals surface area contributed by atoms with Crippen LogP contribution in [-0.4, -0.2) is 17.7 Å². The highest BCUT2D eigenvalue weighted by atomic mass is 16.3. The molecule has 1 fully saturated rings. The molecule has 2 aromatic carbocycles. The van der Waals surface area contributed by atoms with Crippen molar-refractivity contribution in [1.82, 2.24) is 5.32 Å². The minimum atomic E-state index is -0.914. The summed E-state index contributed by atoms with van der Waals surface area (Å²) in [7, 11) is 0. The van der Waals surface area contributed by atoms with Crippen molar-refractivity contribution in [2.45, 2.75) is 11.6 Å². The summed E-state index contributed by atoms with van der Waals surface area (Å²) in [6.07, 6.45) is 0. The maximum Gasteiger partial charge on any atom is 0.131 e. The van der Waals surface area contributed by atoms with Gasteiger partial charge in [-0.1, -0.05) is 60.7 Å². The first kappa shape index (κ1) is 10.5. The van der Waals surface area contributed by atoms with Gasteiger partial charge in [-0.15, -0.1) is 0 Å². The molecule has 0 aliphatic carbocycles. The van der Waals surface area contributed by atoms with Gasteiger partial charge in [0.2, 0.25) is 0 Å². The molecule has 0 aromatic heterocycles. The monoisotopic (exact) mass is 225 g/mol. The fraction of sp³-hybridized carbons (Fsp3) is 0.200. The minimum absolute atomic E-state index is 0.118. The highest BCUT2D eigenvalue weighted by Crippen LogP contribution is 2.36. The van der Waals surface area contributed by atoms with Crippen molar-refractivity contribution in [3.05, 3.63) is 71.8 Å². The first-order chi connectivity index (χ1) is 8.32. The summed E-state index contributed by atoms with van der Waals surface area (Å²) in [4.78, 5) is 0. The number of aliphatic hydroxyl groups is 1. The molecule has 0 unspecified atom stereocenters. The molecule has 1 saturated heterocycles. The second-order valence-electron chi connectivity index (χ2n) is 4.46. The summed E-state index contributed by atoms with van der Waals surface area (Å²) >= 11 is 0. The molecule has 1 atom stereocenters. The number of benzene rings is 2. The second-order valence-corrected chi connectivity index (χ2v) is 4.46. The zero-order chi connectivity index (χ0) is 11.7. The smallest absolute Gasteiger partial charge is 0.131 e. The van der Waals surface area contributed by atoms with Gasteiger partial charge in [0, 0.05) is 6.54 Å². The lowest BCUT2D eigenvalue weighted by molar-refractivity contribution is 0.0793. The Balaban J connectivity index is 2.11. The molecule has 17 heavy (non-hydrogen) atoms. The van der Waals surface area contributed by atoms with Gasteiger partial charge in [0.1, 0.15) is 5.60 Å². The van der Waals surface area contributed by atoms with Crippen LogP contribution in [0.25, 0.3) is 0 Å². The van der Waals surface area contributed by atoms with E-state index in [1.165, 1.54) is 0 Å². The molecule has 2 heteroatoms. The summed E-state index contributed by atoms with van der Waals surface area (Å²) in [5.74, 6) is 0. The van der Waals surface area contributed by atoms with E-state index < -0.39 is 5.60 Å². The Bertz CT molecular complexity index is 451. The van der Waals surface area contributed by atoms with Crippen molar-refractivity contribution in [3.8, 4) is 0 Å². The average Bonchev–Trinajstić information content (AvgIpc) is 3.24.